The summed E-state index contributed by atoms with van der Waals surface area (Å²) < 4.78 is 24.3. The normalized spacial score (nSPS) is 16.0. The molecule has 158 valence electrons. The number of amides is 1. The smallest absolute Gasteiger partial charge is 0.331 e. The zero-order valence-corrected chi connectivity index (χ0v) is 17.6. The Labute approximate surface area is 186 Å². The van der Waals surface area contributed by atoms with Gasteiger partial charge >= 0.3 is 5.97 Å². The van der Waals surface area contributed by atoms with Crippen LogP contribution in [-0.4, -0.2) is 29.2 Å². The molecule has 3 aromatic rings. The fraction of sp³-hybridized carbons (Fsp3) is 0.136. The first-order valence-electron chi connectivity index (χ1n) is 9.28. The van der Waals surface area contributed by atoms with Gasteiger partial charge in [0, 0.05) is 18.1 Å². The van der Waals surface area contributed by atoms with Crippen molar-refractivity contribution in [1.82, 2.24) is 5.01 Å². The number of esters is 1. The summed E-state index contributed by atoms with van der Waals surface area (Å²) in [6, 6.07) is 11.1. The summed E-state index contributed by atoms with van der Waals surface area (Å²) in [4.78, 5) is 25.7. The van der Waals surface area contributed by atoms with Crippen molar-refractivity contribution < 1.29 is 23.1 Å². The second-order valence-corrected chi connectivity index (χ2v) is 7.93. The molecule has 9 heteroatoms. The molecular weight excluding hydrogens is 443 g/mol. The number of rotatable bonds is 6. The van der Waals surface area contributed by atoms with Crippen molar-refractivity contribution in [3.05, 3.63) is 87.2 Å². The third-order valence-corrected chi connectivity index (χ3v) is 5.82. The molecule has 1 aliphatic rings. The molecule has 0 fully saturated rings. The maximum atomic E-state index is 13.8. The van der Waals surface area contributed by atoms with E-state index in [9.17, 15) is 14.0 Å². The molecule has 1 aromatic carbocycles. The predicted octanol–water partition coefficient (Wildman–Crippen LogP) is 5.07. The van der Waals surface area contributed by atoms with Crippen LogP contribution in [0, 0.1) is 5.82 Å². The molecule has 0 radical (unpaired) electrons. The van der Waals surface area contributed by atoms with E-state index >= 15 is 0 Å². The monoisotopic (exact) mass is 458 g/mol. The molecule has 6 nitrogen and oxygen atoms in total. The maximum Gasteiger partial charge on any atom is 0.331 e. The van der Waals surface area contributed by atoms with E-state index in [1.165, 1.54) is 46.9 Å². The first-order valence-corrected chi connectivity index (χ1v) is 10.5. The molecule has 4 rings (SSSR count). The number of hydrogen-bond donors (Lipinski definition) is 0. The summed E-state index contributed by atoms with van der Waals surface area (Å²) in [6.07, 6.45) is 4.24. The number of hydrogen-bond acceptors (Lipinski definition) is 6. The third kappa shape index (κ3) is 4.76. The van der Waals surface area contributed by atoms with Gasteiger partial charge in [-0.15, -0.1) is 11.3 Å². The van der Waals surface area contributed by atoms with Crippen LogP contribution in [0.4, 0.5) is 4.39 Å². The van der Waals surface area contributed by atoms with E-state index in [1.807, 2.05) is 17.5 Å². The average Bonchev–Trinajstić information content (AvgIpc) is 3.52. The lowest BCUT2D eigenvalue weighted by Crippen LogP contribution is -2.31. The number of ether oxygens (including phenoxy) is 1. The Morgan fingerprint density at radius 3 is 2.87 bits per heavy atom. The van der Waals surface area contributed by atoms with E-state index in [1.54, 1.807) is 12.1 Å². The minimum atomic E-state index is -0.802. The molecule has 0 saturated heterocycles. The maximum absolute atomic E-state index is 13.8. The lowest BCUT2D eigenvalue weighted by molar-refractivity contribution is -0.149. The summed E-state index contributed by atoms with van der Waals surface area (Å²) in [6.45, 7) is -0.521. The molecule has 1 atom stereocenters. The van der Waals surface area contributed by atoms with E-state index in [0.29, 0.717) is 12.2 Å². The van der Waals surface area contributed by atoms with E-state index < -0.39 is 30.3 Å². The zero-order chi connectivity index (χ0) is 21.8. The highest BCUT2D eigenvalue weighted by Gasteiger charge is 2.35. The topological polar surface area (TPSA) is 72.1 Å². The van der Waals surface area contributed by atoms with Gasteiger partial charge in [0.05, 0.1) is 21.9 Å². The van der Waals surface area contributed by atoms with Gasteiger partial charge in [-0.1, -0.05) is 23.7 Å². The van der Waals surface area contributed by atoms with E-state index in [-0.39, 0.29) is 10.6 Å². The van der Waals surface area contributed by atoms with Crippen LogP contribution in [-0.2, 0) is 14.3 Å². The third-order valence-electron chi connectivity index (χ3n) is 4.57. The van der Waals surface area contributed by atoms with Crippen molar-refractivity contribution in [2.45, 2.75) is 12.5 Å². The molecule has 0 aliphatic carbocycles. The second kappa shape index (κ2) is 9.28. The van der Waals surface area contributed by atoms with Crippen molar-refractivity contribution in [3.8, 4) is 0 Å². The highest BCUT2D eigenvalue weighted by molar-refractivity contribution is 7.12. The van der Waals surface area contributed by atoms with Crippen molar-refractivity contribution in [3.63, 3.8) is 0 Å². The molecule has 0 saturated carbocycles. The number of thiophene rings is 1. The van der Waals surface area contributed by atoms with Gasteiger partial charge in [0.25, 0.3) is 5.91 Å². The molecule has 3 heterocycles. The summed E-state index contributed by atoms with van der Waals surface area (Å²) >= 11 is 7.44. The molecule has 0 bridgehead atoms. The van der Waals surface area contributed by atoms with Gasteiger partial charge < -0.3 is 9.15 Å². The molecule has 2 aromatic heterocycles. The minimum Gasteiger partial charge on any atom is -0.467 e. The number of nitrogens with zero attached hydrogens (tertiary/aromatic N) is 2. The summed E-state index contributed by atoms with van der Waals surface area (Å²) in [5, 5.41) is 7.81. The van der Waals surface area contributed by atoms with Crippen LogP contribution >= 0.6 is 22.9 Å². The average molecular weight is 459 g/mol. The Morgan fingerprint density at radius 2 is 2.16 bits per heavy atom. The Hall–Kier alpha value is -3.23. The van der Waals surface area contributed by atoms with Crippen LogP contribution in [0.25, 0.3) is 6.08 Å². The molecular formula is C22H16ClFN2O4S. The van der Waals surface area contributed by atoms with E-state index in [0.717, 1.165) is 16.7 Å². The first kappa shape index (κ1) is 21.0. The lowest BCUT2D eigenvalue weighted by atomic mass is 10.1. The number of halogens is 2. The van der Waals surface area contributed by atoms with Gasteiger partial charge in [-0.2, -0.15) is 5.10 Å². The summed E-state index contributed by atoms with van der Waals surface area (Å²) in [5.41, 5.74) is 0.820. The zero-order valence-electron chi connectivity index (χ0n) is 16.0. The van der Waals surface area contributed by atoms with Crippen LogP contribution in [0.5, 0.6) is 0 Å². The summed E-state index contributed by atoms with van der Waals surface area (Å²) in [7, 11) is 0. The van der Waals surface area contributed by atoms with Crippen LogP contribution in [0.2, 0.25) is 5.02 Å². The molecule has 31 heavy (non-hydrogen) atoms. The van der Waals surface area contributed by atoms with Gasteiger partial charge in [0.1, 0.15) is 17.6 Å². The van der Waals surface area contributed by atoms with Gasteiger partial charge in [0.2, 0.25) is 0 Å². The SMILES string of the molecule is O=C(/C=C/c1c(F)cccc1Cl)OCC(=O)N1N=C(c2cccs2)CC1c1ccco1. The summed E-state index contributed by atoms with van der Waals surface area (Å²) in [5.74, 6) is -1.28. The quantitative estimate of drug-likeness (QED) is 0.382. The fourth-order valence-electron chi connectivity index (χ4n) is 3.10. The van der Waals surface area contributed by atoms with Crippen LogP contribution in [0.3, 0.4) is 0 Å². The largest absolute Gasteiger partial charge is 0.467 e. The number of furan rings is 1. The Morgan fingerprint density at radius 1 is 1.29 bits per heavy atom. The van der Waals surface area contributed by atoms with Gasteiger partial charge in [-0.25, -0.2) is 14.2 Å². The van der Waals surface area contributed by atoms with Crippen molar-refractivity contribution >= 4 is 46.6 Å². The Kier molecular flexibility index (Phi) is 6.29. The van der Waals surface area contributed by atoms with Crippen LogP contribution < -0.4 is 0 Å². The number of carbonyl (C=O) groups excluding carboxylic acids is 2. The van der Waals surface area contributed by atoms with Crippen molar-refractivity contribution in [1.29, 1.82) is 0 Å². The molecule has 0 spiro atoms. The van der Waals surface area contributed by atoms with Gasteiger partial charge in [-0.3, -0.25) is 4.79 Å². The Balaban J connectivity index is 1.43. The van der Waals surface area contributed by atoms with Crippen molar-refractivity contribution in [2.75, 3.05) is 6.61 Å². The van der Waals surface area contributed by atoms with Gasteiger partial charge in [-0.05, 0) is 41.8 Å². The molecule has 1 unspecified atom stereocenters. The fourth-order valence-corrected chi connectivity index (χ4v) is 4.05. The molecule has 0 N–H and O–H groups in total. The predicted molar refractivity (Wildman–Crippen MR) is 115 cm³/mol. The van der Waals surface area contributed by atoms with E-state index in [4.69, 9.17) is 20.8 Å². The van der Waals surface area contributed by atoms with Crippen LogP contribution in [0.15, 0.2) is 69.7 Å². The minimum absolute atomic E-state index is 0.0649. The number of carbonyl (C=O) groups is 2. The lowest BCUT2D eigenvalue weighted by Gasteiger charge is -2.19. The Bertz CT molecular complexity index is 1120. The molecule has 1 aliphatic heterocycles. The van der Waals surface area contributed by atoms with E-state index in [2.05, 4.69) is 5.10 Å². The molecule has 1 amide bonds. The van der Waals surface area contributed by atoms with Crippen LogP contribution in [0.1, 0.15) is 28.7 Å². The second-order valence-electron chi connectivity index (χ2n) is 6.57. The standard InChI is InChI=1S/C22H16ClFN2O4S/c23-15-4-1-5-16(24)14(15)8-9-22(28)30-13-21(27)26-18(19-6-2-10-29-19)12-17(25-26)20-7-3-11-31-20/h1-11,18H,12-13H2/b9-8+. The number of hydrazone groups is 1. The number of benzene rings is 1. The van der Waals surface area contributed by atoms with Gasteiger partial charge in [0.15, 0.2) is 6.61 Å². The highest BCUT2D eigenvalue weighted by Crippen LogP contribution is 2.34. The first-order chi connectivity index (χ1) is 15.0. The highest BCUT2D eigenvalue weighted by atomic mass is 35.5. The van der Waals surface area contributed by atoms with Crippen molar-refractivity contribution in [2.24, 2.45) is 5.10 Å².